The van der Waals surface area contributed by atoms with Crippen LogP contribution >= 0.6 is 7.82 Å². The molecule has 4 nitrogen and oxygen atoms in total. The van der Waals surface area contributed by atoms with E-state index < -0.39 is 7.82 Å². The molecule has 38 heavy (non-hydrogen) atoms. The molecule has 2 aromatic carbocycles. The zero-order chi connectivity index (χ0) is 28.4. The quantitative estimate of drug-likeness (QED) is 0.337. The van der Waals surface area contributed by atoms with Crippen LogP contribution < -0.4 is 43.5 Å². The van der Waals surface area contributed by atoms with Crippen LogP contribution in [0.4, 0.5) is 0 Å². The van der Waals surface area contributed by atoms with Gasteiger partial charge in [-0.25, -0.2) is 4.57 Å². The maximum atomic E-state index is 13.5. The molecule has 0 spiro atoms. The number of phosphoric acid groups is 1. The first kappa shape index (κ1) is 33.4. The minimum Gasteiger partial charge on any atom is -0.736 e. The Labute approximate surface area is 254 Å². The maximum Gasteiger partial charge on any atom is 1.00 e. The van der Waals surface area contributed by atoms with Gasteiger partial charge < -0.3 is 13.9 Å². The molecule has 0 fully saturated rings. The van der Waals surface area contributed by atoms with Crippen LogP contribution in [0.2, 0.25) is 0 Å². The first-order valence-corrected chi connectivity index (χ1v) is 15.1. The van der Waals surface area contributed by atoms with Crippen molar-refractivity contribution in [2.75, 3.05) is 0 Å². The molecule has 2 aromatic rings. The van der Waals surface area contributed by atoms with Gasteiger partial charge in [-0.15, -0.1) is 0 Å². The van der Waals surface area contributed by atoms with E-state index in [1.807, 2.05) is 0 Å². The Morgan fingerprint density at radius 2 is 1.03 bits per heavy atom. The topological polar surface area (TPSA) is 58.6 Å². The van der Waals surface area contributed by atoms with Gasteiger partial charge in [-0.2, -0.15) is 0 Å². The summed E-state index contributed by atoms with van der Waals surface area (Å²) < 4.78 is 25.4. The largest absolute Gasteiger partial charge is 1.00 e. The molecule has 1 heterocycles. The molecular formula is C32H48NaO4P. The number of hydrogen-bond donors (Lipinski definition) is 0. The van der Waals surface area contributed by atoms with Crippen molar-refractivity contribution in [1.82, 2.24) is 0 Å². The summed E-state index contributed by atoms with van der Waals surface area (Å²) in [4.78, 5) is 13.5. The van der Waals surface area contributed by atoms with Gasteiger partial charge in [0.15, 0.2) is 0 Å². The van der Waals surface area contributed by atoms with Gasteiger partial charge in [0.25, 0.3) is 0 Å². The second kappa shape index (κ2) is 10.9. The predicted molar refractivity (Wildman–Crippen MR) is 153 cm³/mol. The molecule has 0 unspecified atom stereocenters. The van der Waals surface area contributed by atoms with E-state index in [0.717, 1.165) is 35.1 Å². The second-order valence-corrected chi connectivity index (χ2v) is 16.1. The normalized spacial score (nSPS) is 20.2. The van der Waals surface area contributed by atoms with Crippen molar-refractivity contribution >= 4 is 7.82 Å². The van der Waals surface area contributed by atoms with E-state index >= 15 is 0 Å². The minimum absolute atomic E-state index is 0. The van der Waals surface area contributed by atoms with Crippen molar-refractivity contribution in [3.8, 4) is 11.5 Å². The van der Waals surface area contributed by atoms with Crippen LogP contribution in [0.1, 0.15) is 142 Å². The molecule has 206 valence electrons. The van der Waals surface area contributed by atoms with Crippen LogP contribution in [-0.2, 0) is 26.2 Å². The first-order chi connectivity index (χ1) is 16.6. The number of phosphoric ester groups is 1. The summed E-state index contributed by atoms with van der Waals surface area (Å²) in [5.74, 6) is 0.796. The van der Waals surface area contributed by atoms with Crippen LogP contribution in [0, 0.1) is 0 Å². The number of hydrogen-bond acceptors (Lipinski definition) is 4. The second-order valence-electron chi connectivity index (χ2n) is 14.9. The van der Waals surface area contributed by atoms with Crippen LogP contribution in [0.15, 0.2) is 24.3 Å². The Hall–Kier alpha value is -0.770. The number of benzene rings is 2. The number of fused-ring (bicyclic) bond motifs is 2. The summed E-state index contributed by atoms with van der Waals surface area (Å²) >= 11 is 0. The molecule has 0 saturated heterocycles. The van der Waals surface area contributed by atoms with Gasteiger partial charge in [0.2, 0.25) is 0 Å². The van der Waals surface area contributed by atoms with E-state index in [-0.39, 0.29) is 57.1 Å². The maximum absolute atomic E-state index is 13.5. The Balaban J connectivity index is 0.00000507. The summed E-state index contributed by atoms with van der Waals surface area (Å²) in [7, 11) is -4.72. The summed E-state index contributed by atoms with van der Waals surface area (Å²) in [6, 6.07) is 8.61. The monoisotopic (exact) mass is 550 g/mol. The summed E-state index contributed by atoms with van der Waals surface area (Å²) in [5, 5.41) is 0. The third kappa shape index (κ3) is 7.10. The summed E-state index contributed by atoms with van der Waals surface area (Å²) in [6.45, 7) is 28.0. The molecular weight excluding hydrogens is 502 g/mol. The molecule has 0 aromatic heterocycles. The van der Waals surface area contributed by atoms with Crippen LogP contribution in [0.3, 0.4) is 0 Å². The molecule has 3 rings (SSSR count). The summed E-state index contributed by atoms with van der Waals surface area (Å²) in [5.41, 5.74) is 5.12. The zero-order valence-electron chi connectivity index (χ0n) is 26.4. The van der Waals surface area contributed by atoms with E-state index in [1.54, 1.807) is 0 Å². The minimum atomic E-state index is -4.72. The van der Waals surface area contributed by atoms with Crippen molar-refractivity contribution in [2.45, 2.75) is 130 Å². The van der Waals surface area contributed by atoms with Crippen molar-refractivity contribution in [3.63, 3.8) is 0 Å². The van der Waals surface area contributed by atoms with Crippen molar-refractivity contribution < 1.29 is 48.1 Å². The van der Waals surface area contributed by atoms with Gasteiger partial charge >= 0.3 is 37.4 Å². The van der Waals surface area contributed by atoms with Crippen molar-refractivity contribution in [1.29, 1.82) is 0 Å². The van der Waals surface area contributed by atoms with Crippen molar-refractivity contribution in [2.24, 2.45) is 0 Å². The fourth-order valence-electron chi connectivity index (χ4n) is 5.01. The standard InChI is InChI=1S/C32H49O4P.Na/c1-14-15-22-23-16-20(29(2,3)4)18-25(31(8,9)10)27(23)35-37(33,34)36-28-24(22)17-21(30(5,6)7)19-26(28)32(11,12)13;/h16-19,22H,14-15H2,1-13H3,(H,33,34);/q;+1/p-1. The van der Waals surface area contributed by atoms with E-state index in [9.17, 15) is 9.46 Å². The SMILES string of the molecule is CCCC1c2cc(C(C)(C)C)cc(C(C)(C)C)c2OP(=O)([O-])Oc2c1cc(C(C)(C)C)cc2C(C)(C)C.[Na+]. The fraction of sp³-hybridized carbons (Fsp3) is 0.625. The van der Waals surface area contributed by atoms with Crippen LogP contribution in [-0.4, -0.2) is 0 Å². The van der Waals surface area contributed by atoms with E-state index in [1.165, 1.54) is 11.1 Å². The van der Waals surface area contributed by atoms with Crippen LogP contribution in [0.25, 0.3) is 0 Å². The molecule has 0 radical (unpaired) electrons. The smallest absolute Gasteiger partial charge is 0.736 e. The Kier molecular flexibility index (Phi) is 9.59. The molecule has 0 saturated carbocycles. The molecule has 6 heteroatoms. The molecule has 1 aliphatic rings. The van der Waals surface area contributed by atoms with Gasteiger partial charge in [-0.3, -0.25) is 0 Å². The van der Waals surface area contributed by atoms with Gasteiger partial charge in [-0.1, -0.05) is 121 Å². The van der Waals surface area contributed by atoms with Gasteiger partial charge in [0.05, 0.1) is 0 Å². The Morgan fingerprint density at radius 3 is 1.29 bits per heavy atom. The van der Waals surface area contributed by atoms with Gasteiger partial charge in [0, 0.05) is 28.2 Å². The van der Waals surface area contributed by atoms with E-state index in [0.29, 0.717) is 11.5 Å². The van der Waals surface area contributed by atoms with Gasteiger partial charge in [-0.05, 0) is 39.2 Å². The molecule has 0 atom stereocenters. The van der Waals surface area contributed by atoms with Gasteiger partial charge in [0.1, 0.15) is 11.5 Å². The molecule has 0 N–H and O–H groups in total. The number of rotatable bonds is 2. The zero-order valence-corrected chi connectivity index (χ0v) is 29.3. The van der Waals surface area contributed by atoms with E-state index in [2.05, 4.69) is 114 Å². The predicted octanol–water partition coefficient (Wildman–Crippen LogP) is 6.05. The third-order valence-corrected chi connectivity index (χ3v) is 8.13. The molecule has 0 bridgehead atoms. The average Bonchev–Trinajstić information content (AvgIpc) is 2.67. The summed E-state index contributed by atoms with van der Waals surface area (Å²) in [6.07, 6.45) is 1.79. The van der Waals surface area contributed by atoms with Crippen LogP contribution in [0.5, 0.6) is 11.5 Å². The fourth-order valence-corrected chi connectivity index (χ4v) is 5.91. The third-order valence-electron chi connectivity index (χ3n) is 7.32. The molecule has 1 aliphatic heterocycles. The average molecular weight is 551 g/mol. The Morgan fingerprint density at radius 1 is 0.684 bits per heavy atom. The molecule has 0 aliphatic carbocycles. The van der Waals surface area contributed by atoms with Crippen molar-refractivity contribution in [3.05, 3.63) is 57.6 Å². The van der Waals surface area contributed by atoms with E-state index in [4.69, 9.17) is 9.05 Å². The molecule has 0 amide bonds. The first-order valence-electron chi connectivity index (χ1n) is 13.6. The Bertz CT molecular complexity index is 1130.